The Balaban J connectivity index is 2.37. The molecule has 3 heteroatoms. The molecule has 1 rings (SSSR count). The van der Waals surface area contributed by atoms with Crippen LogP contribution in [0.2, 0.25) is 0 Å². The standard InChI is InChI=1S/C14H23N3/c1-17(12-13(11-16)7-6-10-15)14-8-4-2-3-5-9-14/h13-14H,2-9,12H2,1H3/t13-/m0/s1. The summed E-state index contributed by atoms with van der Waals surface area (Å²) in [6.07, 6.45) is 9.12. The Morgan fingerprint density at radius 1 is 1.18 bits per heavy atom. The van der Waals surface area contributed by atoms with E-state index in [2.05, 4.69) is 24.1 Å². The van der Waals surface area contributed by atoms with Crippen LogP contribution >= 0.6 is 0 Å². The van der Waals surface area contributed by atoms with Gasteiger partial charge in [-0.1, -0.05) is 25.7 Å². The first-order chi connectivity index (χ1) is 8.27. The molecule has 1 atom stereocenters. The third-order valence-electron chi connectivity index (χ3n) is 3.74. The highest BCUT2D eigenvalue weighted by Crippen LogP contribution is 2.22. The molecular weight excluding hydrogens is 210 g/mol. The van der Waals surface area contributed by atoms with Gasteiger partial charge in [-0.05, 0) is 26.3 Å². The molecule has 0 bridgehead atoms. The van der Waals surface area contributed by atoms with Crippen LogP contribution in [0.25, 0.3) is 0 Å². The molecule has 17 heavy (non-hydrogen) atoms. The van der Waals surface area contributed by atoms with Crippen LogP contribution in [0.1, 0.15) is 51.4 Å². The first-order valence-electron chi connectivity index (χ1n) is 6.74. The number of rotatable bonds is 5. The molecule has 0 aromatic heterocycles. The van der Waals surface area contributed by atoms with Crippen LogP contribution in [-0.4, -0.2) is 24.5 Å². The van der Waals surface area contributed by atoms with E-state index in [1.807, 2.05) is 0 Å². The normalized spacial score (nSPS) is 19.3. The summed E-state index contributed by atoms with van der Waals surface area (Å²) in [6.45, 7) is 0.822. The van der Waals surface area contributed by atoms with E-state index < -0.39 is 0 Å². The maximum Gasteiger partial charge on any atom is 0.0669 e. The van der Waals surface area contributed by atoms with E-state index in [1.165, 1.54) is 38.5 Å². The van der Waals surface area contributed by atoms with E-state index in [-0.39, 0.29) is 5.92 Å². The molecule has 0 radical (unpaired) electrons. The minimum absolute atomic E-state index is 0.0166. The topological polar surface area (TPSA) is 50.8 Å². The zero-order chi connectivity index (χ0) is 12.5. The van der Waals surface area contributed by atoms with Crippen molar-refractivity contribution in [2.45, 2.75) is 57.4 Å². The highest BCUT2D eigenvalue weighted by molar-refractivity contribution is 4.88. The van der Waals surface area contributed by atoms with Gasteiger partial charge in [-0.3, -0.25) is 0 Å². The molecule has 0 N–H and O–H groups in total. The predicted octanol–water partition coefficient (Wildman–Crippen LogP) is 3.08. The summed E-state index contributed by atoms with van der Waals surface area (Å²) >= 11 is 0. The Morgan fingerprint density at radius 2 is 1.82 bits per heavy atom. The molecule has 94 valence electrons. The third-order valence-corrected chi connectivity index (χ3v) is 3.74. The first-order valence-corrected chi connectivity index (χ1v) is 6.74. The molecule has 0 aromatic rings. The minimum atomic E-state index is 0.0166. The van der Waals surface area contributed by atoms with Crippen LogP contribution in [0.4, 0.5) is 0 Å². The van der Waals surface area contributed by atoms with E-state index in [0.29, 0.717) is 18.9 Å². The average molecular weight is 233 g/mol. The second-order valence-corrected chi connectivity index (χ2v) is 5.11. The lowest BCUT2D eigenvalue weighted by Crippen LogP contribution is -2.35. The fraction of sp³-hybridized carbons (Fsp3) is 0.857. The minimum Gasteiger partial charge on any atom is -0.302 e. The summed E-state index contributed by atoms with van der Waals surface area (Å²) < 4.78 is 0. The molecule has 0 heterocycles. The van der Waals surface area contributed by atoms with Crippen molar-refractivity contribution < 1.29 is 0 Å². The molecule has 1 aliphatic rings. The number of nitrogens with zero attached hydrogens (tertiary/aromatic N) is 3. The van der Waals surface area contributed by atoms with Gasteiger partial charge in [-0.25, -0.2) is 0 Å². The molecule has 0 aliphatic heterocycles. The Kier molecular flexibility index (Phi) is 6.67. The van der Waals surface area contributed by atoms with Crippen molar-refractivity contribution >= 4 is 0 Å². The Bertz CT molecular complexity index is 279. The molecule has 3 nitrogen and oxygen atoms in total. The quantitative estimate of drug-likeness (QED) is 0.686. The molecule has 0 saturated heterocycles. The van der Waals surface area contributed by atoms with E-state index in [4.69, 9.17) is 10.5 Å². The van der Waals surface area contributed by atoms with Gasteiger partial charge in [0.25, 0.3) is 0 Å². The van der Waals surface area contributed by atoms with Crippen molar-refractivity contribution in [2.75, 3.05) is 13.6 Å². The van der Waals surface area contributed by atoms with Crippen LogP contribution in [0.5, 0.6) is 0 Å². The molecule has 1 fully saturated rings. The molecule has 1 aliphatic carbocycles. The number of hydrogen-bond donors (Lipinski definition) is 0. The van der Waals surface area contributed by atoms with Crippen molar-refractivity contribution in [1.82, 2.24) is 4.90 Å². The molecular formula is C14H23N3. The molecule has 0 amide bonds. The maximum atomic E-state index is 9.07. The van der Waals surface area contributed by atoms with E-state index in [0.717, 1.165) is 6.54 Å². The Labute approximate surface area is 105 Å². The Morgan fingerprint density at radius 3 is 2.35 bits per heavy atom. The summed E-state index contributed by atoms with van der Waals surface area (Å²) in [7, 11) is 2.13. The smallest absolute Gasteiger partial charge is 0.0669 e. The number of hydrogen-bond acceptors (Lipinski definition) is 3. The zero-order valence-corrected chi connectivity index (χ0v) is 10.9. The fourth-order valence-corrected chi connectivity index (χ4v) is 2.63. The van der Waals surface area contributed by atoms with Crippen LogP contribution in [0, 0.1) is 28.6 Å². The van der Waals surface area contributed by atoms with E-state index in [1.54, 1.807) is 0 Å². The summed E-state index contributed by atoms with van der Waals surface area (Å²) in [5.74, 6) is 0.0166. The first kappa shape index (κ1) is 14.0. The van der Waals surface area contributed by atoms with E-state index >= 15 is 0 Å². The summed E-state index contributed by atoms with van der Waals surface area (Å²) in [6, 6.07) is 5.10. The highest BCUT2D eigenvalue weighted by atomic mass is 15.1. The fourth-order valence-electron chi connectivity index (χ4n) is 2.63. The van der Waals surface area contributed by atoms with Crippen molar-refractivity contribution in [1.29, 1.82) is 10.5 Å². The van der Waals surface area contributed by atoms with Crippen LogP contribution in [0.3, 0.4) is 0 Å². The lowest BCUT2D eigenvalue weighted by molar-refractivity contribution is 0.201. The van der Waals surface area contributed by atoms with Gasteiger partial charge in [0.2, 0.25) is 0 Å². The SMILES string of the molecule is CN(C[C@H](C#N)CCC#N)C1CCCCCC1. The molecule has 0 spiro atoms. The zero-order valence-electron chi connectivity index (χ0n) is 10.9. The van der Waals surface area contributed by atoms with Gasteiger partial charge >= 0.3 is 0 Å². The van der Waals surface area contributed by atoms with Crippen LogP contribution in [0.15, 0.2) is 0 Å². The van der Waals surface area contributed by atoms with Gasteiger partial charge in [0.1, 0.15) is 0 Å². The predicted molar refractivity (Wildman–Crippen MR) is 68.1 cm³/mol. The lowest BCUT2D eigenvalue weighted by atomic mass is 10.0. The largest absolute Gasteiger partial charge is 0.302 e. The monoisotopic (exact) mass is 233 g/mol. The maximum absolute atomic E-state index is 9.07. The van der Waals surface area contributed by atoms with Gasteiger partial charge in [0.05, 0.1) is 18.1 Å². The second-order valence-electron chi connectivity index (χ2n) is 5.11. The van der Waals surface area contributed by atoms with Crippen molar-refractivity contribution in [3.63, 3.8) is 0 Å². The average Bonchev–Trinajstić information content (AvgIpc) is 2.63. The molecule has 1 saturated carbocycles. The summed E-state index contributed by atoms with van der Waals surface area (Å²) in [5.41, 5.74) is 0. The van der Waals surface area contributed by atoms with Crippen LogP contribution < -0.4 is 0 Å². The molecule has 0 aromatic carbocycles. The van der Waals surface area contributed by atoms with Crippen molar-refractivity contribution in [2.24, 2.45) is 5.92 Å². The highest BCUT2D eigenvalue weighted by Gasteiger charge is 2.19. The Hall–Kier alpha value is -1.06. The van der Waals surface area contributed by atoms with Crippen molar-refractivity contribution in [3.8, 4) is 12.1 Å². The van der Waals surface area contributed by atoms with Gasteiger partial charge in [-0.2, -0.15) is 10.5 Å². The van der Waals surface area contributed by atoms with Gasteiger partial charge in [0, 0.05) is 19.0 Å². The van der Waals surface area contributed by atoms with Crippen LogP contribution in [-0.2, 0) is 0 Å². The van der Waals surface area contributed by atoms with Crippen molar-refractivity contribution in [3.05, 3.63) is 0 Å². The van der Waals surface area contributed by atoms with E-state index in [9.17, 15) is 0 Å². The van der Waals surface area contributed by atoms with Gasteiger partial charge in [-0.15, -0.1) is 0 Å². The molecule has 0 unspecified atom stereocenters. The summed E-state index contributed by atoms with van der Waals surface area (Å²) in [5, 5.41) is 17.6. The second kappa shape index (κ2) is 8.09. The number of nitriles is 2. The van der Waals surface area contributed by atoms with Gasteiger partial charge < -0.3 is 4.90 Å². The van der Waals surface area contributed by atoms with Gasteiger partial charge in [0.15, 0.2) is 0 Å². The lowest BCUT2D eigenvalue weighted by Gasteiger charge is -2.28. The third kappa shape index (κ3) is 5.20. The summed E-state index contributed by atoms with van der Waals surface area (Å²) in [4.78, 5) is 2.34.